The molecular formula is C19H24ClN3O2. The molecule has 1 aliphatic rings. The Morgan fingerprint density at radius 1 is 1.40 bits per heavy atom. The van der Waals surface area contributed by atoms with Gasteiger partial charge in [-0.05, 0) is 44.5 Å². The highest BCUT2D eigenvalue weighted by atomic mass is 35.5. The monoisotopic (exact) mass is 361 g/mol. The van der Waals surface area contributed by atoms with Gasteiger partial charge in [-0.25, -0.2) is 0 Å². The summed E-state index contributed by atoms with van der Waals surface area (Å²) in [6.07, 6.45) is 0.667. The number of likely N-dealkylation sites (tertiary alicyclic amines) is 1. The lowest BCUT2D eigenvalue weighted by molar-refractivity contribution is -0.126. The van der Waals surface area contributed by atoms with Gasteiger partial charge in [0.05, 0.1) is 12.6 Å². The Bertz CT molecular complexity index is 744. The number of amides is 1. The number of hydrogen-bond acceptors (Lipinski definition) is 4. The second-order valence-electron chi connectivity index (χ2n) is 6.88. The van der Waals surface area contributed by atoms with Crippen molar-refractivity contribution in [3.8, 4) is 11.3 Å². The van der Waals surface area contributed by atoms with Crippen molar-refractivity contribution in [1.29, 1.82) is 0 Å². The molecule has 0 radical (unpaired) electrons. The van der Waals surface area contributed by atoms with E-state index in [1.54, 1.807) is 0 Å². The van der Waals surface area contributed by atoms with Crippen LogP contribution in [0.2, 0.25) is 5.02 Å². The van der Waals surface area contributed by atoms with Gasteiger partial charge in [0.25, 0.3) is 0 Å². The summed E-state index contributed by atoms with van der Waals surface area (Å²) in [6.45, 7) is 5.16. The zero-order valence-corrected chi connectivity index (χ0v) is 15.3. The molecular weight excluding hydrogens is 338 g/mol. The lowest BCUT2D eigenvalue weighted by Crippen LogP contribution is -2.45. The molecule has 6 heteroatoms. The van der Waals surface area contributed by atoms with Crippen molar-refractivity contribution in [1.82, 2.24) is 10.2 Å². The van der Waals surface area contributed by atoms with E-state index in [1.165, 1.54) is 0 Å². The molecule has 2 heterocycles. The number of benzene rings is 1. The second kappa shape index (κ2) is 7.60. The molecule has 0 spiro atoms. The van der Waals surface area contributed by atoms with E-state index in [9.17, 15) is 4.79 Å². The van der Waals surface area contributed by atoms with Crippen LogP contribution in [0.4, 0.5) is 0 Å². The van der Waals surface area contributed by atoms with Gasteiger partial charge in [0.1, 0.15) is 11.5 Å². The van der Waals surface area contributed by atoms with E-state index in [0.29, 0.717) is 24.5 Å². The van der Waals surface area contributed by atoms with Crippen molar-refractivity contribution >= 4 is 17.5 Å². The van der Waals surface area contributed by atoms with E-state index in [0.717, 1.165) is 17.1 Å². The molecule has 0 aliphatic carbocycles. The number of hydrogen-bond donors (Lipinski definition) is 2. The first-order chi connectivity index (χ1) is 11.9. The first-order valence-electron chi connectivity index (χ1n) is 8.57. The molecule has 1 aromatic heterocycles. The van der Waals surface area contributed by atoms with E-state index in [1.807, 2.05) is 50.2 Å². The van der Waals surface area contributed by atoms with Gasteiger partial charge in [-0.1, -0.05) is 23.7 Å². The molecule has 3 N–H and O–H groups in total. The predicted octanol–water partition coefficient (Wildman–Crippen LogP) is 3.03. The highest BCUT2D eigenvalue weighted by molar-refractivity contribution is 6.30. The van der Waals surface area contributed by atoms with Crippen LogP contribution in [0.5, 0.6) is 0 Å². The molecule has 2 aromatic rings. The second-order valence-corrected chi connectivity index (χ2v) is 7.32. The molecule has 25 heavy (non-hydrogen) atoms. The largest absolute Gasteiger partial charge is 0.460 e. The van der Waals surface area contributed by atoms with E-state index in [2.05, 4.69) is 10.2 Å². The number of carbonyl (C=O) groups excluding carboxylic acids is 1. The molecule has 1 aromatic carbocycles. The zero-order chi connectivity index (χ0) is 18.0. The van der Waals surface area contributed by atoms with Crippen LogP contribution in [-0.2, 0) is 11.3 Å². The van der Waals surface area contributed by atoms with Crippen LogP contribution in [0.1, 0.15) is 26.0 Å². The van der Waals surface area contributed by atoms with Crippen LogP contribution >= 0.6 is 11.6 Å². The van der Waals surface area contributed by atoms with Crippen LogP contribution in [0, 0.1) is 0 Å². The van der Waals surface area contributed by atoms with Crippen LogP contribution in [0.25, 0.3) is 11.3 Å². The Morgan fingerprint density at radius 3 is 2.92 bits per heavy atom. The minimum Gasteiger partial charge on any atom is -0.460 e. The molecule has 1 fully saturated rings. The van der Waals surface area contributed by atoms with Crippen LogP contribution in [0.3, 0.4) is 0 Å². The van der Waals surface area contributed by atoms with E-state index < -0.39 is 0 Å². The number of nitrogens with one attached hydrogen (secondary N) is 1. The summed E-state index contributed by atoms with van der Waals surface area (Å²) in [5.74, 6) is 1.61. The van der Waals surface area contributed by atoms with Crippen molar-refractivity contribution in [3.05, 3.63) is 47.2 Å². The Balaban J connectivity index is 1.72. The first-order valence-corrected chi connectivity index (χ1v) is 8.95. The Labute approximate surface area is 153 Å². The fourth-order valence-corrected chi connectivity index (χ4v) is 3.42. The minimum absolute atomic E-state index is 0.00488. The van der Waals surface area contributed by atoms with E-state index in [4.69, 9.17) is 21.8 Å². The number of nitrogens with zero attached hydrogens (tertiary/aromatic N) is 1. The van der Waals surface area contributed by atoms with Gasteiger partial charge >= 0.3 is 0 Å². The number of halogens is 1. The van der Waals surface area contributed by atoms with Crippen LogP contribution in [-0.4, -0.2) is 35.5 Å². The third kappa shape index (κ3) is 4.42. The van der Waals surface area contributed by atoms with Crippen molar-refractivity contribution in [2.45, 2.75) is 44.9 Å². The lowest BCUT2D eigenvalue weighted by Gasteiger charge is -2.23. The number of nitrogens with two attached hydrogens (primary N) is 1. The summed E-state index contributed by atoms with van der Waals surface area (Å²) in [5.41, 5.74) is 7.02. The van der Waals surface area contributed by atoms with Gasteiger partial charge in [-0.3, -0.25) is 9.69 Å². The number of furan rings is 1. The molecule has 2 atom stereocenters. The van der Waals surface area contributed by atoms with Crippen molar-refractivity contribution < 1.29 is 9.21 Å². The molecule has 1 aliphatic heterocycles. The van der Waals surface area contributed by atoms with Gasteiger partial charge in [0.2, 0.25) is 5.91 Å². The Morgan fingerprint density at radius 2 is 2.20 bits per heavy atom. The fraction of sp³-hybridized carbons (Fsp3) is 0.421. The van der Waals surface area contributed by atoms with Gasteiger partial charge in [-0.2, -0.15) is 0 Å². The average molecular weight is 362 g/mol. The van der Waals surface area contributed by atoms with Gasteiger partial charge in [-0.15, -0.1) is 0 Å². The van der Waals surface area contributed by atoms with Crippen molar-refractivity contribution in [3.63, 3.8) is 0 Å². The quantitative estimate of drug-likeness (QED) is 0.858. The molecule has 3 rings (SSSR count). The highest BCUT2D eigenvalue weighted by Gasteiger charge is 2.35. The van der Waals surface area contributed by atoms with E-state index >= 15 is 0 Å². The first kappa shape index (κ1) is 18.0. The van der Waals surface area contributed by atoms with E-state index in [-0.39, 0.29) is 24.0 Å². The highest BCUT2D eigenvalue weighted by Crippen LogP contribution is 2.27. The summed E-state index contributed by atoms with van der Waals surface area (Å²) in [4.78, 5) is 14.5. The van der Waals surface area contributed by atoms with Crippen LogP contribution < -0.4 is 11.1 Å². The summed E-state index contributed by atoms with van der Waals surface area (Å²) >= 11 is 6.04. The average Bonchev–Trinajstić information content (AvgIpc) is 3.14. The smallest absolute Gasteiger partial charge is 0.237 e. The Hall–Kier alpha value is -1.82. The molecule has 0 unspecified atom stereocenters. The number of rotatable bonds is 5. The van der Waals surface area contributed by atoms with Crippen molar-refractivity contribution in [2.24, 2.45) is 5.73 Å². The molecule has 5 nitrogen and oxygen atoms in total. The predicted molar refractivity (Wildman–Crippen MR) is 99.2 cm³/mol. The fourth-order valence-electron chi connectivity index (χ4n) is 3.23. The SMILES string of the molecule is CC(C)NC(=O)[C@@H]1C[C@@H](N)CN1Cc1ccc(-c2cccc(Cl)c2)o1. The van der Waals surface area contributed by atoms with Gasteiger partial charge in [0.15, 0.2) is 0 Å². The lowest BCUT2D eigenvalue weighted by atomic mass is 10.1. The summed E-state index contributed by atoms with van der Waals surface area (Å²) < 4.78 is 5.96. The molecule has 1 saturated heterocycles. The normalized spacial score (nSPS) is 21.0. The van der Waals surface area contributed by atoms with Gasteiger partial charge in [0, 0.05) is 29.2 Å². The molecule has 0 bridgehead atoms. The summed E-state index contributed by atoms with van der Waals surface area (Å²) in [5, 5.41) is 3.65. The van der Waals surface area contributed by atoms with Gasteiger partial charge < -0.3 is 15.5 Å². The number of carbonyl (C=O) groups is 1. The molecule has 1 amide bonds. The third-order valence-electron chi connectivity index (χ3n) is 4.30. The zero-order valence-electron chi connectivity index (χ0n) is 14.5. The summed E-state index contributed by atoms with van der Waals surface area (Å²) in [6, 6.07) is 11.3. The minimum atomic E-state index is -0.211. The Kier molecular flexibility index (Phi) is 5.47. The van der Waals surface area contributed by atoms with Crippen LogP contribution in [0.15, 0.2) is 40.8 Å². The topological polar surface area (TPSA) is 71.5 Å². The maximum Gasteiger partial charge on any atom is 0.237 e. The third-order valence-corrected chi connectivity index (χ3v) is 4.53. The molecule has 134 valence electrons. The summed E-state index contributed by atoms with van der Waals surface area (Å²) in [7, 11) is 0. The van der Waals surface area contributed by atoms with Crippen molar-refractivity contribution in [2.75, 3.05) is 6.54 Å². The standard InChI is InChI=1S/C19H24ClN3O2/c1-12(2)22-19(24)17-9-15(21)10-23(17)11-16-6-7-18(25-16)13-4-3-5-14(20)8-13/h3-8,12,15,17H,9-11,21H2,1-2H3,(H,22,24)/t15-,17+/m1/s1. The maximum atomic E-state index is 12.4. The molecule has 0 saturated carbocycles. The maximum absolute atomic E-state index is 12.4.